The van der Waals surface area contributed by atoms with Crippen LogP contribution in [0.15, 0.2) is 47.4 Å². The van der Waals surface area contributed by atoms with Crippen LogP contribution in [0, 0.1) is 0 Å². The first-order valence-electron chi connectivity index (χ1n) is 7.68. The summed E-state index contributed by atoms with van der Waals surface area (Å²) < 4.78 is 76.4. The van der Waals surface area contributed by atoms with E-state index in [0.29, 0.717) is 24.0 Å². The maximum atomic E-state index is 12.8. The molecule has 2 aromatic carbocycles. The van der Waals surface area contributed by atoms with E-state index < -0.39 is 32.7 Å². The third kappa shape index (κ3) is 3.94. The van der Waals surface area contributed by atoms with Crippen molar-refractivity contribution in [2.45, 2.75) is 23.5 Å². The van der Waals surface area contributed by atoms with Gasteiger partial charge in [0.15, 0.2) is 0 Å². The quantitative estimate of drug-likeness (QED) is 0.876. The molecule has 0 unspecified atom stereocenters. The van der Waals surface area contributed by atoms with Crippen LogP contribution in [0.3, 0.4) is 0 Å². The molecule has 0 saturated heterocycles. The number of rotatable bonds is 4. The first-order valence-corrected chi connectivity index (χ1v) is 9.16. The molecule has 0 radical (unpaired) electrons. The smallest absolute Gasteiger partial charge is 0.416 e. The van der Waals surface area contributed by atoms with E-state index in [4.69, 9.17) is 9.47 Å². The lowest BCUT2D eigenvalue weighted by atomic mass is 10.0. The number of hydrogen-bond donors (Lipinski definition) is 1. The van der Waals surface area contributed by atoms with Crippen LogP contribution in [0.25, 0.3) is 0 Å². The monoisotopic (exact) mass is 387 g/mol. The van der Waals surface area contributed by atoms with E-state index in [1.165, 1.54) is 7.11 Å². The summed E-state index contributed by atoms with van der Waals surface area (Å²) in [5.74, 6) is 1.23. The number of benzene rings is 2. The number of alkyl halides is 3. The zero-order valence-electron chi connectivity index (χ0n) is 13.7. The second kappa shape index (κ2) is 6.81. The molecule has 0 bridgehead atoms. The highest BCUT2D eigenvalue weighted by Gasteiger charge is 2.32. The molecule has 1 aliphatic heterocycles. The molecule has 2 aromatic rings. The Bertz CT molecular complexity index is 912. The van der Waals surface area contributed by atoms with Crippen molar-refractivity contribution in [2.75, 3.05) is 13.7 Å². The van der Waals surface area contributed by atoms with Crippen LogP contribution in [-0.2, 0) is 22.6 Å². The van der Waals surface area contributed by atoms with Gasteiger partial charge in [-0.25, -0.2) is 13.1 Å². The molecule has 26 heavy (non-hydrogen) atoms. The zero-order chi connectivity index (χ0) is 18.9. The van der Waals surface area contributed by atoms with E-state index in [1.807, 2.05) is 0 Å². The molecule has 9 heteroatoms. The minimum absolute atomic E-state index is 0.0809. The molecule has 0 aromatic heterocycles. The van der Waals surface area contributed by atoms with E-state index in [9.17, 15) is 21.6 Å². The lowest BCUT2D eigenvalue weighted by Crippen LogP contribution is -2.42. The van der Waals surface area contributed by atoms with Gasteiger partial charge in [0.25, 0.3) is 0 Å². The van der Waals surface area contributed by atoms with Gasteiger partial charge in [0.05, 0.1) is 23.6 Å². The van der Waals surface area contributed by atoms with Crippen molar-refractivity contribution < 1.29 is 31.1 Å². The molecule has 5 nitrogen and oxygen atoms in total. The van der Waals surface area contributed by atoms with Gasteiger partial charge >= 0.3 is 6.18 Å². The summed E-state index contributed by atoms with van der Waals surface area (Å²) in [6, 6.07) is 8.22. The fourth-order valence-electron chi connectivity index (χ4n) is 2.70. The van der Waals surface area contributed by atoms with Gasteiger partial charge in [-0.2, -0.15) is 13.2 Å². The summed E-state index contributed by atoms with van der Waals surface area (Å²) in [4.78, 5) is -0.441. The largest absolute Gasteiger partial charge is 0.497 e. The Morgan fingerprint density at radius 1 is 1.19 bits per heavy atom. The Morgan fingerprint density at radius 3 is 2.65 bits per heavy atom. The van der Waals surface area contributed by atoms with Crippen molar-refractivity contribution in [1.29, 1.82) is 0 Å². The predicted molar refractivity (Wildman–Crippen MR) is 87.7 cm³/mol. The Balaban J connectivity index is 1.80. The number of methoxy groups -OCH3 is 1. The average molecular weight is 387 g/mol. The highest BCUT2D eigenvalue weighted by molar-refractivity contribution is 7.89. The van der Waals surface area contributed by atoms with Crippen molar-refractivity contribution in [3.8, 4) is 11.5 Å². The zero-order valence-corrected chi connectivity index (χ0v) is 14.5. The summed E-state index contributed by atoms with van der Waals surface area (Å²) in [7, 11) is -2.61. The van der Waals surface area contributed by atoms with E-state index in [2.05, 4.69) is 4.72 Å². The molecule has 0 saturated carbocycles. The molecule has 0 amide bonds. The fraction of sp³-hybridized carbons (Fsp3) is 0.294. The Kier molecular flexibility index (Phi) is 4.85. The van der Waals surface area contributed by atoms with Crippen molar-refractivity contribution in [1.82, 2.24) is 4.72 Å². The minimum Gasteiger partial charge on any atom is -0.497 e. The van der Waals surface area contributed by atoms with Crippen molar-refractivity contribution >= 4 is 10.0 Å². The molecule has 3 rings (SSSR count). The highest BCUT2D eigenvalue weighted by atomic mass is 32.2. The normalized spacial score (nSPS) is 17.3. The highest BCUT2D eigenvalue weighted by Crippen LogP contribution is 2.31. The first-order chi connectivity index (χ1) is 12.2. The van der Waals surface area contributed by atoms with Crippen LogP contribution >= 0.6 is 0 Å². The second-order valence-corrected chi connectivity index (χ2v) is 7.55. The van der Waals surface area contributed by atoms with Crippen LogP contribution in [0.2, 0.25) is 0 Å². The lowest BCUT2D eigenvalue weighted by molar-refractivity contribution is -0.137. The average Bonchev–Trinajstić information content (AvgIpc) is 2.60. The van der Waals surface area contributed by atoms with Crippen LogP contribution in [0.4, 0.5) is 13.2 Å². The van der Waals surface area contributed by atoms with Crippen LogP contribution in [0.5, 0.6) is 11.5 Å². The van der Waals surface area contributed by atoms with Crippen molar-refractivity contribution in [3.05, 3.63) is 53.6 Å². The van der Waals surface area contributed by atoms with Gasteiger partial charge in [0.2, 0.25) is 10.0 Å². The SMILES string of the molecule is COc1ccc2c(c1)C[C@@H](NS(=O)(=O)c1cccc(C(F)(F)F)c1)CO2. The number of halogens is 3. The van der Waals surface area contributed by atoms with Crippen LogP contribution in [-0.4, -0.2) is 28.2 Å². The summed E-state index contributed by atoms with van der Waals surface area (Å²) in [5.41, 5.74) is -0.261. The lowest BCUT2D eigenvalue weighted by Gasteiger charge is -2.26. The Hall–Kier alpha value is -2.26. The van der Waals surface area contributed by atoms with Gasteiger partial charge in [-0.15, -0.1) is 0 Å². The van der Waals surface area contributed by atoms with Gasteiger partial charge in [0, 0.05) is 0 Å². The van der Waals surface area contributed by atoms with Gasteiger partial charge in [-0.05, 0) is 48.4 Å². The fourth-order valence-corrected chi connectivity index (χ4v) is 3.97. The van der Waals surface area contributed by atoms with Gasteiger partial charge in [-0.1, -0.05) is 6.07 Å². The van der Waals surface area contributed by atoms with E-state index in [0.717, 1.165) is 23.8 Å². The first kappa shape index (κ1) is 18.5. The van der Waals surface area contributed by atoms with Crippen LogP contribution in [0.1, 0.15) is 11.1 Å². The van der Waals surface area contributed by atoms with E-state index >= 15 is 0 Å². The second-order valence-electron chi connectivity index (χ2n) is 5.83. The van der Waals surface area contributed by atoms with Gasteiger partial charge in [0.1, 0.15) is 18.1 Å². The third-order valence-electron chi connectivity index (χ3n) is 3.97. The molecule has 1 heterocycles. The van der Waals surface area contributed by atoms with Crippen molar-refractivity contribution in [2.24, 2.45) is 0 Å². The molecule has 0 fully saturated rings. The molecule has 1 atom stereocenters. The maximum absolute atomic E-state index is 12.8. The van der Waals surface area contributed by atoms with Crippen LogP contribution < -0.4 is 14.2 Å². The van der Waals surface area contributed by atoms with Crippen molar-refractivity contribution in [3.63, 3.8) is 0 Å². The molecular weight excluding hydrogens is 371 g/mol. The summed E-state index contributed by atoms with van der Waals surface area (Å²) >= 11 is 0. The van der Waals surface area contributed by atoms with E-state index in [-0.39, 0.29) is 6.61 Å². The number of fused-ring (bicyclic) bond motifs is 1. The number of ether oxygens (including phenoxy) is 2. The molecule has 0 spiro atoms. The Morgan fingerprint density at radius 2 is 1.96 bits per heavy atom. The standard InChI is InChI=1S/C17H16F3NO4S/c1-24-14-5-6-16-11(8-14)7-13(10-25-16)21-26(22,23)15-4-2-3-12(9-15)17(18,19)20/h2-6,8-9,13,21H,7,10H2,1H3/t13-/m1/s1. The number of nitrogens with one attached hydrogen (secondary N) is 1. The summed E-state index contributed by atoms with van der Waals surface area (Å²) in [6.45, 7) is 0.0809. The topological polar surface area (TPSA) is 64.6 Å². The maximum Gasteiger partial charge on any atom is 0.416 e. The van der Waals surface area contributed by atoms with Gasteiger partial charge in [-0.3, -0.25) is 0 Å². The third-order valence-corrected chi connectivity index (χ3v) is 5.49. The number of sulfonamides is 1. The predicted octanol–water partition coefficient (Wildman–Crippen LogP) is 3.00. The summed E-state index contributed by atoms with van der Waals surface area (Å²) in [5, 5.41) is 0. The Labute approximate surface area is 148 Å². The molecule has 1 aliphatic rings. The van der Waals surface area contributed by atoms with Gasteiger partial charge < -0.3 is 9.47 Å². The molecule has 1 N–H and O–H groups in total. The molecule has 0 aliphatic carbocycles. The van der Waals surface area contributed by atoms with E-state index in [1.54, 1.807) is 18.2 Å². The molecule has 140 valence electrons. The summed E-state index contributed by atoms with van der Waals surface area (Å²) in [6.07, 6.45) is -4.28. The molecular formula is C17H16F3NO4S. The minimum atomic E-state index is -4.62. The number of hydrogen-bond acceptors (Lipinski definition) is 4.